The van der Waals surface area contributed by atoms with Crippen LogP contribution in [0.1, 0.15) is 0 Å². The lowest BCUT2D eigenvalue weighted by atomic mass is 9.95. The zero-order chi connectivity index (χ0) is 17.8. The van der Waals surface area contributed by atoms with Gasteiger partial charge in [0, 0.05) is 17.3 Å². The molecule has 128 valence electrons. The molecule has 0 radical (unpaired) electrons. The average Bonchev–Trinajstić information content (AvgIpc) is 2.67. The van der Waals surface area contributed by atoms with Crippen molar-refractivity contribution in [2.45, 2.75) is 0 Å². The third-order valence-corrected chi connectivity index (χ3v) is 4.42. The van der Waals surface area contributed by atoms with Crippen molar-refractivity contribution >= 4 is 14.7 Å². The third kappa shape index (κ3) is 3.45. The highest BCUT2D eigenvalue weighted by Crippen LogP contribution is 2.40. The zero-order valence-electron chi connectivity index (χ0n) is 14.4. The minimum absolute atomic E-state index is 0.721. The molecule has 0 aliphatic rings. The van der Waals surface area contributed by atoms with Crippen molar-refractivity contribution in [3.63, 3.8) is 0 Å². The van der Waals surface area contributed by atoms with Gasteiger partial charge in [0.2, 0.25) is 0 Å². The summed E-state index contributed by atoms with van der Waals surface area (Å²) in [6.45, 7) is 0. The minimum atomic E-state index is 0.721. The van der Waals surface area contributed by atoms with Crippen molar-refractivity contribution in [2.24, 2.45) is 0 Å². The molecule has 1 aromatic heterocycles. The summed E-state index contributed by atoms with van der Waals surface area (Å²) in [6, 6.07) is 15.8. The van der Waals surface area contributed by atoms with Crippen molar-refractivity contribution in [3.8, 4) is 39.5 Å². The van der Waals surface area contributed by atoms with Gasteiger partial charge in [0.25, 0.3) is 0 Å². The second-order valence-corrected chi connectivity index (χ2v) is 5.98. The van der Waals surface area contributed by atoms with Gasteiger partial charge in [-0.05, 0) is 35.4 Å². The number of benzene rings is 2. The Morgan fingerprint density at radius 2 is 1.40 bits per heavy atom. The van der Waals surface area contributed by atoms with Crippen LogP contribution in [-0.2, 0) is 0 Å². The largest absolute Gasteiger partial charge is 0.497 e. The average molecular weight is 353 g/mol. The van der Waals surface area contributed by atoms with Crippen LogP contribution in [0.2, 0.25) is 0 Å². The molecule has 2 aromatic carbocycles. The van der Waals surface area contributed by atoms with E-state index < -0.39 is 0 Å². The van der Waals surface area contributed by atoms with Crippen LogP contribution in [0.3, 0.4) is 0 Å². The van der Waals surface area contributed by atoms with E-state index in [1.807, 2.05) is 54.7 Å². The Balaban J connectivity index is 2.28. The molecule has 3 rings (SSSR count). The van der Waals surface area contributed by atoms with Gasteiger partial charge in [-0.1, -0.05) is 33.5 Å². The highest BCUT2D eigenvalue weighted by atomic mass is 31.0. The van der Waals surface area contributed by atoms with Gasteiger partial charge < -0.3 is 14.2 Å². The molecule has 0 aliphatic heterocycles. The van der Waals surface area contributed by atoms with E-state index in [0.717, 1.165) is 44.9 Å². The van der Waals surface area contributed by atoms with E-state index in [1.165, 1.54) is 0 Å². The Morgan fingerprint density at radius 1 is 0.800 bits per heavy atom. The minimum Gasteiger partial charge on any atom is -0.497 e. The summed E-state index contributed by atoms with van der Waals surface area (Å²) in [5.41, 5.74) is 4.70. The first-order chi connectivity index (χ1) is 12.2. The van der Waals surface area contributed by atoms with E-state index in [9.17, 15) is 0 Å². The third-order valence-electron chi connectivity index (χ3n) is 4.01. The Hall–Kier alpha value is -2.58. The van der Waals surface area contributed by atoms with E-state index >= 15 is 0 Å². The molecule has 1 atom stereocenters. The quantitative estimate of drug-likeness (QED) is 0.652. The lowest BCUT2D eigenvalue weighted by molar-refractivity contribution is 0.414. The molecule has 0 saturated heterocycles. The van der Waals surface area contributed by atoms with Crippen LogP contribution in [0.15, 0.2) is 54.7 Å². The van der Waals surface area contributed by atoms with Crippen LogP contribution < -0.4 is 19.6 Å². The summed E-state index contributed by atoms with van der Waals surface area (Å²) >= 11 is 0. The number of ether oxygens (including phenoxy) is 3. The van der Waals surface area contributed by atoms with Crippen molar-refractivity contribution in [2.75, 3.05) is 21.3 Å². The number of hydrogen-bond donors (Lipinski definition) is 0. The van der Waals surface area contributed by atoms with Gasteiger partial charge in [-0.15, -0.1) is 0 Å². The molecule has 0 fully saturated rings. The standard InChI is InChI=1S/C20H20NO3P/c1-22-15-8-4-6-13(10-15)17-12-21-20(25)19(24-3)18(17)14-7-5-9-16(11-14)23-2/h4-12H,25H2,1-3H3. The summed E-state index contributed by atoms with van der Waals surface area (Å²) < 4.78 is 16.4. The lowest BCUT2D eigenvalue weighted by Crippen LogP contribution is -2.06. The maximum absolute atomic E-state index is 5.67. The van der Waals surface area contributed by atoms with Crippen molar-refractivity contribution in [1.29, 1.82) is 0 Å². The predicted molar refractivity (Wildman–Crippen MR) is 104 cm³/mol. The summed E-state index contributed by atoms with van der Waals surface area (Å²) in [6.07, 6.45) is 1.86. The molecule has 5 heteroatoms. The molecule has 25 heavy (non-hydrogen) atoms. The van der Waals surface area contributed by atoms with Gasteiger partial charge >= 0.3 is 0 Å². The van der Waals surface area contributed by atoms with Crippen LogP contribution in [0.25, 0.3) is 22.3 Å². The summed E-state index contributed by atoms with van der Waals surface area (Å²) in [7, 11) is 7.60. The molecule has 0 saturated carbocycles. The zero-order valence-corrected chi connectivity index (χ0v) is 15.6. The Bertz CT molecular complexity index is 896. The van der Waals surface area contributed by atoms with Gasteiger partial charge in [-0.25, -0.2) is 0 Å². The summed E-state index contributed by atoms with van der Waals surface area (Å²) in [4.78, 5) is 4.48. The maximum Gasteiger partial charge on any atom is 0.152 e. The fourth-order valence-electron chi connectivity index (χ4n) is 2.79. The van der Waals surface area contributed by atoms with Crippen LogP contribution in [0.4, 0.5) is 0 Å². The monoisotopic (exact) mass is 353 g/mol. The highest BCUT2D eigenvalue weighted by molar-refractivity contribution is 7.27. The van der Waals surface area contributed by atoms with Crippen LogP contribution >= 0.6 is 9.24 Å². The number of pyridine rings is 1. The van der Waals surface area contributed by atoms with Crippen LogP contribution in [0.5, 0.6) is 17.2 Å². The second-order valence-electron chi connectivity index (χ2n) is 5.43. The number of rotatable bonds is 5. The number of nitrogens with zero attached hydrogens (tertiary/aromatic N) is 1. The van der Waals surface area contributed by atoms with E-state index in [4.69, 9.17) is 14.2 Å². The molecular weight excluding hydrogens is 333 g/mol. The van der Waals surface area contributed by atoms with Gasteiger partial charge in [0.1, 0.15) is 11.5 Å². The second kappa shape index (κ2) is 7.54. The SMILES string of the molecule is COc1cccc(-c2cnc(P)c(OC)c2-c2cccc(OC)c2)c1. The fraction of sp³-hybridized carbons (Fsp3) is 0.150. The summed E-state index contributed by atoms with van der Waals surface area (Å²) in [5.74, 6) is 2.31. The first-order valence-corrected chi connectivity index (χ1v) is 8.37. The van der Waals surface area contributed by atoms with Crippen LogP contribution in [-0.4, -0.2) is 26.3 Å². The van der Waals surface area contributed by atoms with Gasteiger partial charge in [-0.2, -0.15) is 0 Å². The van der Waals surface area contributed by atoms with Gasteiger partial charge in [-0.3, -0.25) is 4.98 Å². The van der Waals surface area contributed by atoms with Crippen molar-refractivity contribution in [1.82, 2.24) is 4.98 Å². The van der Waals surface area contributed by atoms with E-state index in [1.54, 1.807) is 21.3 Å². The highest BCUT2D eigenvalue weighted by Gasteiger charge is 2.17. The summed E-state index contributed by atoms with van der Waals surface area (Å²) in [5, 5.41) is 0. The lowest BCUT2D eigenvalue weighted by Gasteiger charge is -2.17. The van der Waals surface area contributed by atoms with E-state index in [0.29, 0.717) is 0 Å². The maximum atomic E-state index is 5.67. The Kier molecular flexibility index (Phi) is 5.20. The number of hydrogen-bond acceptors (Lipinski definition) is 4. The fourth-order valence-corrected chi connectivity index (χ4v) is 3.13. The van der Waals surface area contributed by atoms with E-state index in [-0.39, 0.29) is 0 Å². The normalized spacial score (nSPS) is 10.4. The topological polar surface area (TPSA) is 40.6 Å². The molecule has 1 unspecified atom stereocenters. The number of methoxy groups -OCH3 is 3. The Labute approximate surface area is 150 Å². The first kappa shape index (κ1) is 17.2. The van der Waals surface area contributed by atoms with Crippen molar-refractivity contribution in [3.05, 3.63) is 54.7 Å². The molecule has 1 heterocycles. The molecular formula is C20H20NO3P. The molecule has 0 spiro atoms. The Morgan fingerprint density at radius 3 is 2.00 bits per heavy atom. The smallest absolute Gasteiger partial charge is 0.152 e. The molecule has 0 bridgehead atoms. The van der Waals surface area contributed by atoms with Crippen molar-refractivity contribution < 1.29 is 14.2 Å². The van der Waals surface area contributed by atoms with Crippen LogP contribution in [0, 0.1) is 0 Å². The van der Waals surface area contributed by atoms with Gasteiger partial charge in [0.15, 0.2) is 5.75 Å². The molecule has 4 nitrogen and oxygen atoms in total. The molecule has 0 amide bonds. The molecule has 0 aliphatic carbocycles. The molecule has 0 N–H and O–H groups in total. The van der Waals surface area contributed by atoms with E-state index in [2.05, 4.69) is 14.2 Å². The first-order valence-electron chi connectivity index (χ1n) is 7.79. The predicted octanol–water partition coefficient (Wildman–Crippen LogP) is 3.94. The number of aromatic nitrogens is 1. The molecule has 3 aromatic rings. The van der Waals surface area contributed by atoms with Gasteiger partial charge in [0.05, 0.1) is 26.8 Å².